The summed E-state index contributed by atoms with van der Waals surface area (Å²) in [6.07, 6.45) is 6.85. The van der Waals surface area contributed by atoms with Crippen LogP contribution in [0.3, 0.4) is 0 Å². The van der Waals surface area contributed by atoms with Gasteiger partial charge in [-0.25, -0.2) is 0 Å². The number of fused-ring (bicyclic) bond motifs is 9. The van der Waals surface area contributed by atoms with Gasteiger partial charge in [-0.3, -0.25) is 0 Å². The lowest BCUT2D eigenvalue weighted by molar-refractivity contribution is 0.608. The van der Waals surface area contributed by atoms with Crippen molar-refractivity contribution in [3.05, 3.63) is 198 Å². The summed E-state index contributed by atoms with van der Waals surface area (Å²) < 4.78 is 2.39. The average Bonchev–Trinajstić information content (AvgIpc) is 3.83. The van der Waals surface area contributed by atoms with E-state index in [0.717, 1.165) is 12.8 Å². The molecule has 0 fully saturated rings. The van der Waals surface area contributed by atoms with Gasteiger partial charge in [0.05, 0.1) is 16.6 Å². The van der Waals surface area contributed by atoms with Gasteiger partial charge in [-0.1, -0.05) is 115 Å². The Bertz CT molecular complexity index is 2800. The molecule has 8 aromatic rings. The number of nitrogens with zero attached hydrogens (tertiary/aromatic N) is 2. The Balaban J connectivity index is 0.961. The van der Waals surface area contributed by atoms with E-state index in [1.807, 2.05) is 0 Å². The summed E-state index contributed by atoms with van der Waals surface area (Å²) in [6.45, 7) is 2.41. The molecule has 1 atom stereocenters. The van der Waals surface area contributed by atoms with E-state index in [0.29, 0.717) is 0 Å². The molecule has 0 bridgehead atoms. The van der Waals surface area contributed by atoms with Gasteiger partial charge in [0.25, 0.3) is 0 Å². The fraction of sp³-hybridized carbons (Fsp3) is 0.0800. The largest absolute Gasteiger partial charge is 0.331 e. The van der Waals surface area contributed by atoms with Crippen LogP contribution in [0, 0.1) is 0 Å². The zero-order chi connectivity index (χ0) is 34.4. The van der Waals surface area contributed by atoms with E-state index in [9.17, 15) is 0 Å². The van der Waals surface area contributed by atoms with Gasteiger partial charge in [0.2, 0.25) is 0 Å². The normalized spacial score (nSPS) is 17.1. The van der Waals surface area contributed by atoms with Gasteiger partial charge in [-0.15, -0.1) is 0 Å². The smallest absolute Gasteiger partial charge is 0.0716 e. The van der Waals surface area contributed by atoms with Gasteiger partial charge < -0.3 is 9.47 Å². The topological polar surface area (TPSA) is 8.17 Å². The maximum Gasteiger partial charge on any atom is 0.0716 e. The maximum absolute atomic E-state index is 2.57. The number of aromatic nitrogens is 1. The van der Waals surface area contributed by atoms with Gasteiger partial charge in [0.1, 0.15) is 0 Å². The summed E-state index contributed by atoms with van der Waals surface area (Å²) in [5.74, 6) is 0. The Morgan fingerprint density at radius 1 is 0.500 bits per heavy atom. The van der Waals surface area contributed by atoms with Crippen molar-refractivity contribution in [2.24, 2.45) is 0 Å². The Morgan fingerprint density at radius 2 is 1.19 bits per heavy atom. The molecule has 0 N–H and O–H groups in total. The molecule has 3 aliphatic rings. The van der Waals surface area contributed by atoms with E-state index in [4.69, 9.17) is 0 Å². The zero-order valence-electron chi connectivity index (χ0n) is 29.1. The van der Waals surface area contributed by atoms with Gasteiger partial charge >= 0.3 is 0 Å². The number of hydrogen-bond acceptors (Lipinski definition) is 1. The van der Waals surface area contributed by atoms with Gasteiger partial charge in [0, 0.05) is 33.4 Å². The van der Waals surface area contributed by atoms with Gasteiger partial charge in [0.15, 0.2) is 0 Å². The van der Waals surface area contributed by atoms with E-state index in [1.54, 1.807) is 0 Å². The van der Waals surface area contributed by atoms with Crippen molar-refractivity contribution in [3.8, 4) is 27.9 Å². The van der Waals surface area contributed by atoms with Crippen LogP contribution in [0.5, 0.6) is 0 Å². The lowest BCUT2D eigenvalue weighted by atomic mass is 9.79. The van der Waals surface area contributed by atoms with Gasteiger partial charge in [-0.2, -0.15) is 0 Å². The quantitative estimate of drug-likeness (QED) is 0.182. The van der Waals surface area contributed by atoms with Crippen LogP contribution in [0.1, 0.15) is 35.6 Å². The van der Waals surface area contributed by atoms with E-state index in [1.165, 1.54) is 94.5 Å². The van der Waals surface area contributed by atoms with Crippen molar-refractivity contribution >= 4 is 44.3 Å². The molecule has 7 aromatic carbocycles. The van der Waals surface area contributed by atoms with Crippen LogP contribution in [-0.4, -0.2) is 10.1 Å². The molecule has 2 nitrogen and oxygen atoms in total. The van der Waals surface area contributed by atoms with Crippen molar-refractivity contribution in [1.82, 2.24) is 4.57 Å². The fourth-order valence-corrected chi connectivity index (χ4v) is 9.27. The van der Waals surface area contributed by atoms with E-state index in [-0.39, 0.29) is 5.54 Å². The molecule has 2 heteroatoms. The van der Waals surface area contributed by atoms with Crippen LogP contribution in [0.15, 0.2) is 176 Å². The molecule has 52 heavy (non-hydrogen) atoms. The minimum absolute atomic E-state index is 0.195. The second kappa shape index (κ2) is 11.1. The molecule has 2 heterocycles. The predicted molar refractivity (Wildman–Crippen MR) is 218 cm³/mol. The third-order valence-electron chi connectivity index (χ3n) is 11.8. The monoisotopic (exact) mass is 664 g/mol. The minimum Gasteiger partial charge on any atom is -0.331 e. The van der Waals surface area contributed by atoms with E-state index >= 15 is 0 Å². The first-order valence-corrected chi connectivity index (χ1v) is 18.4. The molecule has 0 amide bonds. The van der Waals surface area contributed by atoms with Crippen molar-refractivity contribution in [2.45, 2.75) is 25.3 Å². The lowest BCUT2D eigenvalue weighted by Crippen LogP contribution is -2.40. The maximum atomic E-state index is 2.57. The molecule has 2 aliphatic carbocycles. The third kappa shape index (κ3) is 4.25. The molecule has 246 valence electrons. The first-order valence-electron chi connectivity index (χ1n) is 18.4. The summed E-state index contributed by atoms with van der Waals surface area (Å²) >= 11 is 0. The molecule has 0 saturated heterocycles. The van der Waals surface area contributed by atoms with Crippen molar-refractivity contribution in [3.63, 3.8) is 0 Å². The molecule has 11 rings (SSSR count). The lowest BCUT2D eigenvalue weighted by Gasteiger charge is -2.39. The standard InChI is InChI=1S/C50H36N2/c1-50-28-27-36(35-23-26-48-45(31-35)42-15-7-9-17-47(42)51(48)39-12-3-2-4-13-39)32-46(50)43-16-8-10-18-49(43)52(50)40-24-21-33(22-25-40)34-19-20-38-29-37-11-5-6-14-41(37)44(38)30-34/h2-27,30-32H,28-29H2,1H3. The van der Waals surface area contributed by atoms with Crippen LogP contribution < -0.4 is 4.90 Å². The van der Waals surface area contributed by atoms with Gasteiger partial charge in [-0.05, 0) is 131 Å². The Hall–Kier alpha value is -6.38. The summed E-state index contributed by atoms with van der Waals surface area (Å²) in [6, 6.07) is 60.5. The average molecular weight is 665 g/mol. The van der Waals surface area contributed by atoms with Crippen LogP contribution in [0.4, 0.5) is 11.4 Å². The second-order valence-electron chi connectivity index (χ2n) is 14.7. The second-order valence-corrected chi connectivity index (χ2v) is 14.7. The third-order valence-corrected chi connectivity index (χ3v) is 11.8. The van der Waals surface area contributed by atoms with Crippen molar-refractivity contribution in [2.75, 3.05) is 4.90 Å². The predicted octanol–water partition coefficient (Wildman–Crippen LogP) is 12.8. The molecule has 0 radical (unpaired) electrons. The minimum atomic E-state index is -0.195. The highest BCUT2D eigenvalue weighted by Gasteiger charge is 2.45. The van der Waals surface area contributed by atoms with Crippen LogP contribution in [0.2, 0.25) is 0 Å². The highest BCUT2D eigenvalue weighted by Crippen LogP contribution is 2.55. The number of rotatable bonds is 4. The summed E-state index contributed by atoms with van der Waals surface area (Å²) in [4.78, 5) is 2.57. The molecule has 0 spiro atoms. The van der Waals surface area contributed by atoms with Crippen molar-refractivity contribution < 1.29 is 0 Å². The highest BCUT2D eigenvalue weighted by atomic mass is 15.2. The highest BCUT2D eigenvalue weighted by molar-refractivity contribution is 6.11. The summed E-state index contributed by atoms with van der Waals surface area (Å²) in [5.41, 5.74) is 19.3. The van der Waals surface area contributed by atoms with Crippen LogP contribution in [0.25, 0.3) is 60.9 Å². The molecule has 1 aliphatic heterocycles. The first-order chi connectivity index (χ1) is 25.6. The number of para-hydroxylation sites is 3. The SMILES string of the molecule is CC12CC=C(c3ccc4c(c3)c3ccccc3n4-c3ccccc3)C=C1c1ccccc1N2c1ccc(-c2ccc3c(c2)-c2ccccc2C3)cc1. The summed E-state index contributed by atoms with van der Waals surface area (Å²) in [7, 11) is 0. The fourth-order valence-electron chi connectivity index (χ4n) is 9.27. The van der Waals surface area contributed by atoms with E-state index < -0.39 is 0 Å². The molecule has 1 unspecified atom stereocenters. The number of hydrogen-bond donors (Lipinski definition) is 0. The molecule has 1 aromatic heterocycles. The number of anilines is 2. The van der Waals surface area contributed by atoms with Crippen LogP contribution in [-0.2, 0) is 6.42 Å². The molecular formula is C50H36N2. The number of allylic oxidation sites excluding steroid dienone is 2. The zero-order valence-corrected chi connectivity index (χ0v) is 29.1. The number of benzene rings is 7. The molecular weight excluding hydrogens is 629 g/mol. The molecule has 0 saturated carbocycles. The Morgan fingerprint density at radius 3 is 2.08 bits per heavy atom. The first kappa shape index (κ1) is 29.4. The Labute approximate surface area is 304 Å². The Kier molecular flexibility index (Phi) is 6.24. The van der Waals surface area contributed by atoms with Crippen molar-refractivity contribution in [1.29, 1.82) is 0 Å². The summed E-state index contributed by atoms with van der Waals surface area (Å²) in [5, 5.41) is 2.56. The van der Waals surface area contributed by atoms with Crippen LogP contribution >= 0.6 is 0 Å². The van der Waals surface area contributed by atoms with E-state index in [2.05, 4.69) is 192 Å².